The molecule has 1 aromatic carbocycles. The molecule has 94 valence electrons. The van der Waals surface area contributed by atoms with Gasteiger partial charge in [-0.2, -0.15) is 0 Å². The number of aromatic amines is 1. The molecule has 0 spiro atoms. The van der Waals surface area contributed by atoms with Crippen molar-refractivity contribution in [3.05, 3.63) is 46.0 Å². The lowest BCUT2D eigenvalue weighted by Crippen LogP contribution is -2.23. The van der Waals surface area contributed by atoms with E-state index in [9.17, 15) is 4.79 Å². The molecular formula is C11H10Cl2N4O. The number of nitrogens with zero attached hydrogens (tertiary/aromatic N) is 1. The van der Waals surface area contributed by atoms with Gasteiger partial charge < -0.3 is 16.0 Å². The van der Waals surface area contributed by atoms with Gasteiger partial charge in [0.05, 0.1) is 34.2 Å². The second-order valence-corrected chi connectivity index (χ2v) is 4.41. The van der Waals surface area contributed by atoms with Gasteiger partial charge in [0.15, 0.2) is 0 Å². The predicted molar refractivity (Wildman–Crippen MR) is 70.6 cm³/mol. The fraction of sp³-hybridized carbons (Fsp3) is 0.0909. The van der Waals surface area contributed by atoms with Crippen molar-refractivity contribution in [3.63, 3.8) is 0 Å². The molecule has 1 heterocycles. The van der Waals surface area contributed by atoms with E-state index < -0.39 is 0 Å². The SMILES string of the molecule is Nc1cc(Cl)c(Cl)c(C(=O)NCc2cnc[nH]2)c1. The van der Waals surface area contributed by atoms with Crippen molar-refractivity contribution in [2.75, 3.05) is 5.73 Å². The van der Waals surface area contributed by atoms with Gasteiger partial charge in [-0.15, -0.1) is 0 Å². The first kappa shape index (κ1) is 12.7. The molecule has 0 aliphatic rings. The van der Waals surface area contributed by atoms with E-state index in [1.807, 2.05) is 0 Å². The van der Waals surface area contributed by atoms with E-state index in [1.165, 1.54) is 18.5 Å². The van der Waals surface area contributed by atoms with Gasteiger partial charge in [-0.1, -0.05) is 23.2 Å². The van der Waals surface area contributed by atoms with Crippen LogP contribution >= 0.6 is 23.2 Å². The standard InChI is InChI=1S/C11H10Cl2N4O/c12-9-2-6(14)1-8(10(9)13)11(18)16-4-7-3-15-5-17-7/h1-3,5H,4,14H2,(H,15,17)(H,16,18). The molecule has 4 N–H and O–H groups in total. The molecule has 0 fully saturated rings. The molecule has 0 unspecified atom stereocenters. The van der Waals surface area contributed by atoms with Gasteiger partial charge in [-0.3, -0.25) is 4.79 Å². The van der Waals surface area contributed by atoms with Crippen LogP contribution in [-0.4, -0.2) is 15.9 Å². The highest BCUT2D eigenvalue weighted by atomic mass is 35.5. The molecular weight excluding hydrogens is 275 g/mol. The molecule has 0 aliphatic heterocycles. The Labute approximate surface area is 113 Å². The summed E-state index contributed by atoms with van der Waals surface area (Å²) in [6.45, 7) is 0.321. The third kappa shape index (κ3) is 2.75. The lowest BCUT2D eigenvalue weighted by Gasteiger charge is -2.08. The molecule has 5 nitrogen and oxygen atoms in total. The van der Waals surface area contributed by atoms with Crippen LogP contribution in [0.5, 0.6) is 0 Å². The molecule has 1 amide bonds. The average molecular weight is 285 g/mol. The Balaban J connectivity index is 2.14. The van der Waals surface area contributed by atoms with Crippen LogP contribution in [0.3, 0.4) is 0 Å². The Kier molecular flexibility index (Phi) is 3.74. The fourth-order valence-electron chi connectivity index (χ4n) is 1.43. The van der Waals surface area contributed by atoms with Crippen LogP contribution in [0.2, 0.25) is 10.0 Å². The lowest BCUT2D eigenvalue weighted by molar-refractivity contribution is 0.0950. The highest BCUT2D eigenvalue weighted by molar-refractivity contribution is 6.44. The summed E-state index contributed by atoms with van der Waals surface area (Å²) in [5, 5.41) is 3.13. The summed E-state index contributed by atoms with van der Waals surface area (Å²) >= 11 is 11.8. The van der Waals surface area contributed by atoms with Crippen LogP contribution in [-0.2, 0) is 6.54 Å². The number of carbonyl (C=O) groups is 1. The van der Waals surface area contributed by atoms with Crippen LogP contribution < -0.4 is 11.1 Å². The largest absolute Gasteiger partial charge is 0.399 e. The first-order valence-electron chi connectivity index (χ1n) is 5.08. The van der Waals surface area contributed by atoms with Crippen molar-refractivity contribution < 1.29 is 4.79 Å². The van der Waals surface area contributed by atoms with E-state index in [-0.39, 0.29) is 21.5 Å². The number of hydrogen-bond acceptors (Lipinski definition) is 3. The van der Waals surface area contributed by atoms with Crippen LogP contribution in [0.4, 0.5) is 5.69 Å². The molecule has 0 radical (unpaired) electrons. The van der Waals surface area contributed by atoms with E-state index in [2.05, 4.69) is 15.3 Å². The highest BCUT2D eigenvalue weighted by Gasteiger charge is 2.14. The van der Waals surface area contributed by atoms with Crippen molar-refractivity contribution in [1.29, 1.82) is 0 Å². The summed E-state index contributed by atoms with van der Waals surface area (Å²) in [6.07, 6.45) is 3.15. The topological polar surface area (TPSA) is 83.8 Å². The molecule has 1 aromatic heterocycles. The van der Waals surface area contributed by atoms with E-state index in [4.69, 9.17) is 28.9 Å². The number of imidazole rings is 1. The number of H-pyrrole nitrogens is 1. The highest BCUT2D eigenvalue weighted by Crippen LogP contribution is 2.28. The van der Waals surface area contributed by atoms with Crippen LogP contribution in [0.15, 0.2) is 24.7 Å². The minimum Gasteiger partial charge on any atom is -0.399 e. The third-order valence-electron chi connectivity index (χ3n) is 2.29. The Morgan fingerprint density at radius 3 is 2.89 bits per heavy atom. The number of halogens is 2. The van der Waals surface area contributed by atoms with Gasteiger partial charge in [0.1, 0.15) is 0 Å². The average Bonchev–Trinajstić information content (AvgIpc) is 2.83. The van der Waals surface area contributed by atoms with Crippen LogP contribution in [0.1, 0.15) is 16.1 Å². The number of carbonyl (C=O) groups excluding carboxylic acids is 1. The van der Waals surface area contributed by atoms with Crippen molar-refractivity contribution >= 4 is 34.8 Å². The molecule has 0 saturated carbocycles. The first-order valence-corrected chi connectivity index (χ1v) is 5.83. The second kappa shape index (κ2) is 5.29. The molecule has 2 aromatic rings. The Bertz CT molecular complexity index is 569. The normalized spacial score (nSPS) is 10.3. The van der Waals surface area contributed by atoms with E-state index >= 15 is 0 Å². The van der Waals surface area contributed by atoms with Gasteiger partial charge >= 0.3 is 0 Å². The predicted octanol–water partition coefficient (Wildman–Crippen LogP) is 2.23. The second-order valence-electron chi connectivity index (χ2n) is 3.62. The minimum atomic E-state index is -0.344. The van der Waals surface area contributed by atoms with Crippen molar-refractivity contribution in [3.8, 4) is 0 Å². The van der Waals surface area contributed by atoms with Crippen LogP contribution in [0.25, 0.3) is 0 Å². The molecule has 0 saturated heterocycles. The Hall–Kier alpha value is -1.72. The monoisotopic (exact) mass is 284 g/mol. The molecule has 0 bridgehead atoms. The summed E-state index contributed by atoms with van der Waals surface area (Å²) in [5.41, 5.74) is 7.04. The Morgan fingerprint density at radius 1 is 1.44 bits per heavy atom. The molecule has 0 aliphatic carbocycles. The molecule has 0 atom stereocenters. The minimum absolute atomic E-state index is 0.188. The number of amides is 1. The summed E-state index contributed by atoms with van der Waals surface area (Å²) in [7, 11) is 0. The quantitative estimate of drug-likeness (QED) is 0.756. The number of nitrogens with two attached hydrogens (primary N) is 1. The number of nitrogen functional groups attached to an aromatic ring is 1. The number of nitrogens with one attached hydrogen (secondary N) is 2. The molecule has 18 heavy (non-hydrogen) atoms. The van der Waals surface area contributed by atoms with Crippen molar-refractivity contribution in [2.24, 2.45) is 0 Å². The van der Waals surface area contributed by atoms with Gasteiger partial charge in [-0.05, 0) is 12.1 Å². The van der Waals surface area contributed by atoms with Crippen LogP contribution in [0, 0.1) is 0 Å². The summed E-state index contributed by atoms with van der Waals surface area (Å²) < 4.78 is 0. The maximum atomic E-state index is 11.9. The fourth-order valence-corrected chi connectivity index (χ4v) is 1.85. The van der Waals surface area contributed by atoms with Gasteiger partial charge in [-0.25, -0.2) is 4.98 Å². The van der Waals surface area contributed by atoms with Gasteiger partial charge in [0, 0.05) is 11.9 Å². The summed E-state index contributed by atoms with van der Waals surface area (Å²) in [6, 6.07) is 2.98. The number of hydrogen-bond donors (Lipinski definition) is 3. The summed E-state index contributed by atoms with van der Waals surface area (Å²) in [5.74, 6) is -0.344. The first-order chi connectivity index (χ1) is 8.58. The zero-order valence-corrected chi connectivity index (χ0v) is 10.7. The number of anilines is 1. The zero-order chi connectivity index (χ0) is 13.1. The molecule has 7 heteroatoms. The maximum absolute atomic E-state index is 11.9. The smallest absolute Gasteiger partial charge is 0.253 e. The Morgan fingerprint density at radius 2 is 2.22 bits per heavy atom. The maximum Gasteiger partial charge on any atom is 0.253 e. The number of benzene rings is 1. The lowest BCUT2D eigenvalue weighted by atomic mass is 10.2. The summed E-state index contributed by atoms with van der Waals surface area (Å²) in [4.78, 5) is 18.6. The van der Waals surface area contributed by atoms with Crippen molar-refractivity contribution in [1.82, 2.24) is 15.3 Å². The molecule has 2 rings (SSSR count). The zero-order valence-electron chi connectivity index (χ0n) is 9.21. The third-order valence-corrected chi connectivity index (χ3v) is 3.09. The van der Waals surface area contributed by atoms with Crippen molar-refractivity contribution in [2.45, 2.75) is 6.54 Å². The van der Waals surface area contributed by atoms with Gasteiger partial charge in [0.2, 0.25) is 0 Å². The van der Waals surface area contributed by atoms with E-state index in [0.717, 1.165) is 5.69 Å². The number of aromatic nitrogens is 2. The van der Waals surface area contributed by atoms with Gasteiger partial charge in [0.25, 0.3) is 5.91 Å². The van der Waals surface area contributed by atoms with E-state index in [1.54, 1.807) is 6.20 Å². The van der Waals surface area contributed by atoms with E-state index in [0.29, 0.717) is 12.2 Å². The number of rotatable bonds is 3.